The number of ether oxygens (including phenoxy) is 1. The van der Waals surface area contributed by atoms with Crippen LogP contribution in [0.5, 0.6) is 0 Å². The minimum atomic E-state index is -1.04. The molecule has 1 rings (SSSR count). The summed E-state index contributed by atoms with van der Waals surface area (Å²) in [6.07, 6.45) is 0. The molecule has 1 saturated heterocycles. The standard InChI is InChI=1S/C10H17NO4/c1-7(2)8(10(13)14)9(12)11-3-5-15-6-4-11/h7-8H,3-6H2,1-2H3,(H,13,14). The molecule has 0 aromatic carbocycles. The van der Waals surface area contributed by atoms with Gasteiger partial charge in [-0.05, 0) is 5.92 Å². The highest BCUT2D eigenvalue weighted by atomic mass is 16.5. The first-order valence-corrected chi connectivity index (χ1v) is 5.13. The third kappa shape index (κ3) is 2.92. The molecule has 5 heteroatoms. The van der Waals surface area contributed by atoms with E-state index in [0.717, 1.165) is 0 Å². The van der Waals surface area contributed by atoms with Crippen molar-refractivity contribution in [1.29, 1.82) is 0 Å². The van der Waals surface area contributed by atoms with Crippen molar-refractivity contribution in [3.8, 4) is 0 Å². The summed E-state index contributed by atoms with van der Waals surface area (Å²) in [5.74, 6) is -2.44. The number of amides is 1. The van der Waals surface area contributed by atoms with Crippen LogP contribution in [0.15, 0.2) is 0 Å². The number of carbonyl (C=O) groups is 2. The molecule has 1 aliphatic heterocycles. The molecule has 1 N–H and O–H groups in total. The smallest absolute Gasteiger partial charge is 0.316 e. The van der Waals surface area contributed by atoms with Crippen molar-refractivity contribution in [2.24, 2.45) is 11.8 Å². The van der Waals surface area contributed by atoms with Crippen molar-refractivity contribution in [3.63, 3.8) is 0 Å². The fraction of sp³-hybridized carbons (Fsp3) is 0.800. The van der Waals surface area contributed by atoms with E-state index in [4.69, 9.17) is 9.84 Å². The third-order valence-corrected chi connectivity index (χ3v) is 2.52. The molecule has 0 spiro atoms. The highest BCUT2D eigenvalue weighted by Crippen LogP contribution is 2.15. The summed E-state index contributed by atoms with van der Waals surface area (Å²) in [5, 5.41) is 8.97. The molecule has 86 valence electrons. The normalized spacial score (nSPS) is 19.0. The number of hydrogen-bond donors (Lipinski definition) is 1. The minimum Gasteiger partial charge on any atom is -0.481 e. The van der Waals surface area contributed by atoms with Crippen LogP contribution >= 0.6 is 0 Å². The summed E-state index contributed by atoms with van der Waals surface area (Å²) in [7, 11) is 0. The van der Waals surface area contributed by atoms with Gasteiger partial charge in [0.05, 0.1) is 13.2 Å². The van der Waals surface area contributed by atoms with E-state index in [-0.39, 0.29) is 11.8 Å². The van der Waals surface area contributed by atoms with Gasteiger partial charge in [0.15, 0.2) is 0 Å². The van der Waals surface area contributed by atoms with Gasteiger partial charge in [-0.2, -0.15) is 0 Å². The Kier molecular flexibility index (Phi) is 4.08. The zero-order valence-corrected chi connectivity index (χ0v) is 9.10. The Hall–Kier alpha value is -1.10. The van der Waals surface area contributed by atoms with E-state index < -0.39 is 11.9 Å². The number of carboxylic acid groups (broad SMARTS) is 1. The average Bonchev–Trinajstić information content (AvgIpc) is 2.18. The highest BCUT2D eigenvalue weighted by Gasteiger charge is 2.33. The quantitative estimate of drug-likeness (QED) is 0.683. The van der Waals surface area contributed by atoms with Gasteiger partial charge in [-0.15, -0.1) is 0 Å². The van der Waals surface area contributed by atoms with Crippen molar-refractivity contribution in [1.82, 2.24) is 4.90 Å². The molecule has 1 heterocycles. The molecule has 1 unspecified atom stereocenters. The van der Waals surface area contributed by atoms with Crippen LogP contribution in [0, 0.1) is 11.8 Å². The van der Waals surface area contributed by atoms with Crippen LogP contribution < -0.4 is 0 Å². The predicted octanol–water partition coefficient (Wildman–Crippen LogP) is 0.202. The Labute approximate surface area is 89.0 Å². The summed E-state index contributed by atoms with van der Waals surface area (Å²) in [6.45, 7) is 5.48. The first-order valence-electron chi connectivity index (χ1n) is 5.13. The van der Waals surface area contributed by atoms with Crippen molar-refractivity contribution in [2.45, 2.75) is 13.8 Å². The van der Waals surface area contributed by atoms with E-state index in [1.165, 1.54) is 0 Å². The van der Waals surface area contributed by atoms with Crippen LogP contribution in [-0.4, -0.2) is 48.2 Å². The molecule has 0 aromatic rings. The summed E-state index contributed by atoms with van der Waals surface area (Å²) in [4.78, 5) is 24.4. The lowest BCUT2D eigenvalue weighted by Crippen LogP contribution is -2.47. The van der Waals surface area contributed by atoms with Gasteiger partial charge in [0.1, 0.15) is 5.92 Å². The van der Waals surface area contributed by atoms with Crippen LogP contribution in [0.4, 0.5) is 0 Å². The lowest BCUT2D eigenvalue weighted by Gasteiger charge is -2.30. The monoisotopic (exact) mass is 215 g/mol. The molecule has 1 aliphatic rings. The van der Waals surface area contributed by atoms with Gasteiger partial charge >= 0.3 is 5.97 Å². The molecular weight excluding hydrogens is 198 g/mol. The van der Waals surface area contributed by atoms with Gasteiger partial charge in [0.2, 0.25) is 5.91 Å². The number of aliphatic carboxylic acids is 1. The number of nitrogens with zero attached hydrogens (tertiary/aromatic N) is 1. The van der Waals surface area contributed by atoms with Gasteiger partial charge in [0.25, 0.3) is 0 Å². The molecule has 5 nitrogen and oxygen atoms in total. The molecule has 0 aliphatic carbocycles. The summed E-state index contributed by atoms with van der Waals surface area (Å²) in [6, 6.07) is 0. The van der Waals surface area contributed by atoms with Crippen LogP contribution in [0.2, 0.25) is 0 Å². The Morgan fingerprint density at radius 1 is 1.27 bits per heavy atom. The fourth-order valence-corrected chi connectivity index (χ4v) is 1.66. The lowest BCUT2D eigenvalue weighted by molar-refractivity contribution is -0.155. The third-order valence-electron chi connectivity index (χ3n) is 2.52. The van der Waals surface area contributed by atoms with Crippen LogP contribution in [0.25, 0.3) is 0 Å². The van der Waals surface area contributed by atoms with Gasteiger partial charge in [0, 0.05) is 13.1 Å². The molecule has 1 amide bonds. The van der Waals surface area contributed by atoms with E-state index in [1.54, 1.807) is 18.7 Å². The number of carbonyl (C=O) groups excluding carboxylic acids is 1. The second kappa shape index (κ2) is 5.11. The molecule has 1 atom stereocenters. The molecule has 0 radical (unpaired) electrons. The Bertz CT molecular complexity index is 246. The van der Waals surface area contributed by atoms with Crippen molar-refractivity contribution in [3.05, 3.63) is 0 Å². The number of hydrogen-bond acceptors (Lipinski definition) is 3. The highest BCUT2D eigenvalue weighted by molar-refractivity contribution is 5.97. The van der Waals surface area contributed by atoms with Gasteiger partial charge in [-0.1, -0.05) is 13.8 Å². The molecule has 0 aromatic heterocycles. The average molecular weight is 215 g/mol. The minimum absolute atomic E-state index is 0.183. The van der Waals surface area contributed by atoms with Crippen LogP contribution in [0.1, 0.15) is 13.8 Å². The Balaban J connectivity index is 2.66. The van der Waals surface area contributed by atoms with Crippen molar-refractivity contribution < 1.29 is 19.4 Å². The van der Waals surface area contributed by atoms with E-state index in [9.17, 15) is 9.59 Å². The van der Waals surface area contributed by atoms with Gasteiger partial charge in [-0.3, -0.25) is 9.59 Å². The topological polar surface area (TPSA) is 66.8 Å². The van der Waals surface area contributed by atoms with E-state index in [2.05, 4.69) is 0 Å². The first-order chi connectivity index (χ1) is 7.04. The maximum atomic E-state index is 11.9. The molecule has 0 saturated carbocycles. The zero-order chi connectivity index (χ0) is 11.4. The molecule has 0 bridgehead atoms. The molecule has 15 heavy (non-hydrogen) atoms. The van der Waals surface area contributed by atoms with E-state index in [0.29, 0.717) is 26.3 Å². The number of carboxylic acids is 1. The summed E-state index contributed by atoms with van der Waals surface area (Å²) in [5.41, 5.74) is 0. The van der Waals surface area contributed by atoms with Crippen LogP contribution in [-0.2, 0) is 14.3 Å². The Morgan fingerprint density at radius 3 is 2.20 bits per heavy atom. The number of morpholine rings is 1. The molecular formula is C10H17NO4. The fourth-order valence-electron chi connectivity index (χ4n) is 1.66. The largest absolute Gasteiger partial charge is 0.481 e. The van der Waals surface area contributed by atoms with Crippen molar-refractivity contribution in [2.75, 3.05) is 26.3 Å². The van der Waals surface area contributed by atoms with E-state index >= 15 is 0 Å². The maximum Gasteiger partial charge on any atom is 0.316 e. The van der Waals surface area contributed by atoms with Crippen LogP contribution in [0.3, 0.4) is 0 Å². The van der Waals surface area contributed by atoms with Gasteiger partial charge < -0.3 is 14.7 Å². The Morgan fingerprint density at radius 2 is 1.80 bits per heavy atom. The second-order valence-corrected chi connectivity index (χ2v) is 4.00. The van der Waals surface area contributed by atoms with Crippen molar-refractivity contribution >= 4 is 11.9 Å². The lowest BCUT2D eigenvalue weighted by atomic mass is 9.94. The van der Waals surface area contributed by atoms with E-state index in [1.807, 2.05) is 0 Å². The number of rotatable bonds is 3. The first kappa shape index (κ1) is 12.0. The summed E-state index contributed by atoms with van der Waals surface area (Å²) >= 11 is 0. The van der Waals surface area contributed by atoms with Gasteiger partial charge in [-0.25, -0.2) is 0 Å². The second-order valence-electron chi connectivity index (χ2n) is 4.00. The summed E-state index contributed by atoms with van der Waals surface area (Å²) < 4.78 is 5.11. The zero-order valence-electron chi connectivity index (χ0n) is 9.10. The predicted molar refractivity (Wildman–Crippen MR) is 53.4 cm³/mol. The molecule has 1 fully saturated rings. The maximum absolute atomic E-state index is 11.9. The SMILES string of the molecule is CC(C)C(C(=O)O)C(=O)N1CCOCC1.